The van der Waals surface area contributed by atoms with Crippen LogP contribution in [0.4, 0.5) is 10.6 Å². The van der Waals surface area contributed by atoms with Crippen molar-refractivity contribution >= 4 is 28.3 Å². The predicted octanol–water partition coefficient (Wildman–Crippen LogP) is 3.59. The number of aliphatic hydroxyl groups excluding tert-OH is 1. The number of aromatic hydroxyl groups is 1. The van der Waals surface area contributed by atoms with E-state index in [1.54, 1.807) is 27.7 Å². The summed E-state index contributed by atoms with van der Waals surface area (Å²) in [6.45, 7) is 8.97. The van der Waals surface area contributed by atoms with Crippen molar-refractivity contribution < 1.29 is 24.5 Å². The van der Waals surface area contributed by atoms with Crippen LogP contribution in [0.3, 0.4) is 0 Å². The van der Waals surface area contributed by atoms with E-state index in [2.05, 4.69) is 26.9 Å². The smallest absolute Gasteiger partial charge is 0.410 e. The summed E-state index contributed by atoms with van der Waals surface area (Å²) in [6.07, 6.45) is 2.27. The molecule has 0 saturated carbocycles. The van der Waals surface area contributed by atoms with Crippen molar-refractivity contribution in [3.05, 3.63) is 53.9 Å². The molecule has 2 atom stereocenters. The van der Waals surface area contributed by atoms with E-state index in [-0.39, 0.29) is 23.9 Å². The van der Waals surface area contributed by atoms with Gasteiger partial charge in [-0.1, -0.05) is 24.3 Å². The zero-order chi connectivity index (χ0) is 30.3. The molecule has 0 radical (unpaired) electrons. The average molecular weight is 590 g/mol. The number of carbonyl (C=O) groups excluding carboxylic acids is 1. The summed E-state index contributed by atoms with van der Waals surface area (Å²) in [7, 11) is 2.09. The maximum absolute atomic E-state index is 12.7. The number of imidazole rings is 1. The van der Waals surface area contributed by atoms with Gasteiger partial charge in [0, 0.05) is 32.2 Å². The molecule has 2 aromatic heterocycles. The number of aromatic nitrogens is 4. The van der Waals surface area contributed by atoms with Crippen molar-refractivity contribution in [2.75, 3.05) is 51.3 Å². The molecule has 12 heteroatoms. The van der Waals surface area contributed by atoms with Gasteiger partial charge in [-0.25, -0.2) is 14.3 Å². The van der Waals surface area contributed by atoms with E-state index >= 15 is 0 Å². The highest BCUT2D eigenvalue weighted by atomic mass is 16.6. The first-order chi connectivity index (χ1) is 20.6. The molecule has 6 rings (SSSR count). The van der Waals surface area contributed by atoms with Crippen molar-refractivity contribution in [1.29, 1.82) is 0 Å². The van der Waals surface area contributed by atoms with Gasteiger partial charge in [-0.2, -0.15) is 4.98 Å². The fourth-order valence-corrected chi connectivity index (χ4v) is 5.82. The zero-order valence-electron chi connectivity index (χ0n) is 25.1. The van der Waals surface area contributed by atoms with Crippen LogP contribution in [0.5, 0.6) is 11.8 Å². The Bertz CT molecular complexity index is 1630. The van der Waals surface area contributed by atoms with E-state index in [1.807, 2.05) is 45.0 Å². The second-order valence-corrected chi connectivity index (χ2v) is 12.3. The fourth-order valence-electron chi connectivity index (χ4n) is 5.82. The van der Waals surface area contributed by atoms with E-state index in [0.717, 1.165) is 30.2 Å². The largest absolute Gasteiger partial charge is 0.508 e. The number of benzene rings is 2. The molecule has 4 aromatic rings. The normalized spacial score (nSPS) is 18.9. The summed E-state index contributed by atoms with van der Waals surface area (Å²) >= 11 is 0. The topological polar surface area (TPSA) is 129 Å². The molecule has 2 fully saturated rings. The van der Waals surface area contributed by atoms with E-state index in [1.165, 1.54) is 0 Å². The standard InChI is InChI=1S/C31H39N7O5/c1-31(2,3)43-30(41)37-14-12-36(13-15-37)28-27-32-18-25(26(40)24-17-22(39)16-20-8-5-6-10-23(20)24)38(27)34-29(33-28)42-19-21-9-7-11-35(21)4/h5-6,8,10,16-18,21,26,39-40H,7,9,11-15,19H2,1-4H3/t21-,26?/m0/s1. The maximum atomic E-state index is 12.7. The number of fused-ring (bicyclic) bond motifs is 2. The van der Waals surface area contributed by atoms with Gasteiger partial charge in [0.2, 0.25) is 0 Å². The van der Waals surface area contributed by atoms with Gasteiger partial charge in [-0.15, -0.1) is 5.10 Å². The lowest BCUT2D eigenvalue weighted by Crippen LogP contribution is -2.50. The van der Waals surface area contributed by atoms with Gasteiger partial charge < -0.3 is 34.4 Å². The van der Waals surface area contributed by atoms with Crippen molar-refractivity contribution in [2.45, 2.75) is 51.4 Å². The maximum Gasteiger partial charge on any atom is 0.410 e. The molecule has 1 unspecified atom stereocenters. The number of rotatable bonds is 6. The molecule has 228 valence electrons. The Morgan fingerprint density at radius 1 is 1.12 bits per heavy atom. The lowest BCUT2D eigenvalue weighted by Gasteiger charge is -2.36. The molecule has 1 amide bonds. The van der Waals surface area contributed by atoms with Gasteiger partial charge in [0.05, 0.1) is 11.9 Å². The summed E-state index contributed by atoms with van der Waals surface area (Å²) in [5.74, 6) is 0.622. The number of likely N-dealkylation sites (N-methyl/N-ethyl adjacent to an activating group) is 1. The van der Waals surface area contributed by atoms with E-state index < -0.39 is 11.7 Å². The van der Waals surface area contributed by atoms with Gasteiger partial charge in [0.15, 0.2) is 11.5 Å². The van der Waals surface area contributed by atoms with Crippen LogP contribution in [0.15, 0.2) is 42.6 Å². The van der Waals surface area contributed by atoms with Crippen LogP contribution < -0.4 is 9.64 Å². The van der Waals surface area contributed by atoms with E-state index in [0.29, 0.717) is 55.5 Å². The summed E-state index contributed by atoms with van der Waals surface area (Å²) in [6, 6.07) is 11.3. The highest BCUT2D eigenvalue weighted by Gasteiger charge is 2.30. The Labute approximate surface area is 250 Å². The number of phenols is 1. The molecule has 0 bridgehead atoms. The van der Waals surface area contributed by atoms with Crippen LogP contribution in [0.2, 0.25) is 0 Å². The van der Waals surface area contributed by atoms with Crippen LogP contribution >= 0.6 is 0 Å². The number of hydrogen-bond donors (Lipinski definition) is 2. The lowest BCUT2D eigenvalue weighted by atomic mass is 9.98. The summed E-state index contributed by atoms with van der Waals surface area (Å²) in [5, 5.41) is 28.4. The van der Waals surface area contributed by atoms with Crippen molar-refractivity contribution in [2.24, 2.45) is 0 Å². The summed E-state index contributed by atoms with van der Waals surface area (Å²) in [4.78, 5) is 28.1. The number of nitrogens with zero attached hydrogens (tertiary/aromatic N) is 7. The number of piperazine rings is 1. The number of phenolic OH excluding ortho intramolecular Hbond substituents is 1. The Morgan fingerprint density at radius 2 is 1.88 bits per heavy atom. The molecule has 2 saturated heterocycles. The monoisotopic (exact) mass is 589 g/mol. The van der Waals surface area contributed by atoms with E-state index in [9.17, 15) is 15.0 Å². The number of hydrogen-bond acceptors (Lipinski definition) is 10. The van der Waals surface area contributed by atoms with Gasteiger partial charge in [0.25, 0.3) is 0 Å². The third kappa shape index (κ3) is 6.02. The number of anilines is 1. The molecule has 2 N–H and O–H groups in total. The summed E-state index contributed by atoms with van der Waals surface area (Å²) < 4.78 is 13.3. The lowest BCUT2D eigenvalue weighted by molar-refractivity contribution is 0.0240. The molecule has 2 aromatic carbocycles. The number of likely N-dealkylation sites (tertiary alicyclic amines) is 1. The molecule has 0 aliphatic carbocycles. The second-order valence-electron chi connectivity index (χ2n) is 12.3. The highest BCUT2D eigenvalue weighted by Crippen LogP contribution is 2.34. The number of carbonyl (C=O) groups is 1. The van der Waals surface area contributed by atoms with Crippen molar-refractivity contribution in [1.82, 2.24) is 29.4 Å². The first-order valence-electron chi connectivity index (χ1n) is 14.8. The van der Waals surface area contributed by atoms with Gasteiger partial charge >= 0.3 is 12.1 Å². The Hall–Kier alpha value is -4.16. The van der Waals surface area contributed by atoms with Crippen molar-refractivity contribution in [3.8, 4) is 11.8 Å². The number of aliphatic hydroxyl groups is 1. The van der Waals surface area contributed by atoms with Crippen LogP contribution in [-0.4, -0.2) is 104 Å². The van der Waals surface area contributed by atoms with Crippen LogP contribution in [0.1, 0.15) is 51.0 Å². The zero-order valence-corrected chi connectivity index (χ0v) is 25.1. The molecule has 43 heavy (non-hydrogen) atoms. The van der Waals surface area contributed by atoms with Crippen LogP contribution in [-0.2, 0) is 4.74 Å². The number of ether oxygens (including phenoxy) is 2. The van der Waals surface area contributed by atoms with Gasteiger partial charge in [-0.3, -0.25) is 0 Å². The average Bonchev–Trinajstić information content (AvgIpc) is 3.59. The van der Waals surface area contributed by atoms with Crippen LogP contribution in [0.25, 0.3) is 16.4 Å². The molecule has 2 aliphatic rings. The minimum Gasteiger partial charge on any atom is -0.508 e. The Kier molecular flexibility index (Phi) is 7.74. The minimum absolute atomic E-state index is 0.0597. The van der Waals surface area contributed by atoms with Gasteiger partial charge in [-0.05, 0) is 75.7 Å². The molecule has 2 aliphatic heterocycles. The minimum atomic E-state index is -1.13. The molecule has 0 spiro atoms. The van der Waals surface area contributed by atoms with Crippen molar-refractivity contribution in [3.63, 3.8) is 0 Å². The molecular formula is C31H39N7O5. The fraction of sp³-hybridized carbons (Fsp3) is 0.484. The van der Waals surface area contributed by atoms with Gasteiger partial charge in [0.1, 0.15) is 24.1 Å². The molecule has 12 nitrogen and oxygen atoms in total. The third-order valence-corrected chi connectivity index (χ3v) is 8.11. The SMILES string of the molecule is CN1CCC[C@H]1COc1nc(N2CCN(C(=O)OC(C)(C)C)CC2)c2ncc(C(O)c3cc(O)cc4ccccc34)n2n1. The number of amides is 1. The third-order valence-electron chi connectivity index (χ3n) is 8.11. The molecular weight excluding hydrogens is 550 g/mol. The Morgan fingerprint density at radius 3 is 2.60 bits per heavy atom. The quantitative estimate of drug-likeness (QED) is 0.344. The van der Waals surface area contributed by atoms with E-state index in [4.69, 9.17) is 14.5 Å². The first-order valence-corrected chi connectivity index (χ1v) is 14.8. The second kappa shape index (κ2) is 11.5. The predicted molar refractivity (Wildman–Crippen MR) is 162 cm³/mol. The summed E-state index contributed by atoms with van der Waals surface area (Å²) in [5.41, 5.74) is 0.860. The highest BCUT2D eigenvalue weighted by molar-refractivity contribution is 5.87. The van der Waals surface area contributed by atoms with Crippen LogP contribution in [0, 0.1) is 0 Å². The first kappa shape index (κ1) is 28.9. The Balaban J connectivity index is 1.34. The molecule has 4 heterocycles.